The highest BCUT2D eigenvalue weighted by Gasteiger charge is 2.22. The maximum Gasteiger partial charge on any atom is 0.334 e. The van der Waals surface area contributed by atoms with Gasteiger partial charge in [0.05, 0.1) is 13.2 Å². The standard InChI is InChI=1S/C29H54O4/c1-5-9-12-15-17-20-24-32-28(30)26(22-8-4)27(23-19-14-11-7-3)29(31)33-25-21-18-16-13-10-6-2/h5-25H2,1-4H3. The van der Waals surface area contributed by atoms with E-state index in [9.17, 15) is 9.59 Å². The second-order valence-corrected chi connectivity index (χ2v) is 9.33. The highest BCUT2D eigenvalue weighted by Crippen LogP contribution is 2.22. The molecule has 0 heterocycles. The number of ether oxygens (including phenoxy) is 2. The van der Waals surface area contributed by atoms with Crippen LogP contribution in [0.5, 0.6) is 0 Å². The molecule has 0 aliphatic rings. The zero-order valence-corrected chi connectivity index (χ0v) is 22.5. The Morgan fingerprint density at radius 1 is 0.424 bits per heavy atom. The monoisotopic (exact) mass is 466 g/mol. The zero-order valence-electron chi connectivity index (χ0n) is 22.5. The number of rotatable bonds is 23. The Bertz CT molecular complexity index is 510. The molecule has 0 aromatic rings. The highest BCUT2D eigenvalue weighted by atomic mass is 16.5. The first kappa shape index (κ1) is 31.7. The maximum atomic E-state index is 13.0. The van der Waals surface area contributed by atoms with Gasteiger partial charge in [0.25, 0.3) is 0 Å². The van der Waals surface area contributed by atoms with Crippen LogP contribution in [-0.2, 0) is 19.1 Å². The average molecular weight is 467 g/mol. The van der Waals surface area contributed by atoms with Crippen molar-refractivity contribution in [2.24, 2.45) is 0 Å². The van der Waals surface area contributed by atoms with Gasteiger partial charge in [-0.25, -0.2) is 9.59 Å². The van der Waals surface area contributed by atoms with Gasteiger partial charge in [-0.05, 0) is 32.1 Å². The largest absolute Gasteiger partial charge is 0.462 e. The molecule has 194 valence electrons. The lowest BCUT2D eigenvalue weighted by molar-refractivity contribution is -0.142. The van der Waals surface area contributed by atoms with E-state index in [1.807, 2.05) is 6.92 Å². The van der Waals surface area contributed by atoms with E-state index in [-0.39, 0.29) is 11.9 Å². The second kappa shape index (κ2) is 23.8. The molecule has 0 bridgehead atoms. The molecule has 0 unspecified atom stereocenters. The number of hydrogen-bond donors (Lipinski definition) is 0. The van der Waals surface area contributed by atoms with Crippen LogP contribution in [0, 0.1) is 0 Å². The Morgan fingerprint density at radius 2 is 0.788 bits per heavy atom. The molecule has 0 fully saturated rings. The second-order valence-electron chi connectivity index (χ2n) is 9.33. The van der Waals surface area contributed by atoms with E-state index in [0.29, 0.717) is 37.2 Å². The summed E-state index contributed by atoms with van der Waals surface area (Å²) in [4.78, 5) is 25.8. The van der Waals surface area contributed by atoms with E-state index in [1.54, 1.807) is 0 Å². The summed E-state index contributed by atoms with van der Waals surface area (Å²) in [6.07, 6.45) is 20.1. The van der Waals surface area contributed by atoms with Crippen LogP contribution in [0.15, 0.2) is 11.1 Å². The molecule has 0 saturated carbocycles. The van der Waals surface area contributed by atoms with Crippen molar-refractivity contribution in [1.82, 2.24) is 0 Å². The zero-order chi connectivity index (χ0) is 24.6. The number of carbonyl (C=O) groups excluding carboxylic acids is 2. The summed E-state index contributed by atoms with van der Waals surface area (Å²) in [5.41, 5.74) is 1.11. The summed E-state index contributed by atoms with van der Waals surface area (Å²) < 4.78 is 11.2. The minimum atomic E-state index is -0.313. The quantitative estimate of drug-likeness (QED) is 0.0857. The van der Waals surface area contributed by atoms with Crippen molar-refractivity contribution in [3.63, 3.8) is 0 Å². The minimum Gasteiger partial charge on any atom is -0.462 e. The smallest absolute Gasteiger partial charge is 0.334 e. The van der Waals surface area contributed by atoms with Crippen molar-refractivity contribution in [3.8, 4) is 0 Å². The van der Waals surface area contributed by atoms with Crippen LogP contribution < -0.4 is 0 Å². The number of unbranched alkanes of at least 4 members (excludes halogenated alkanes) is 13. The van der Waals surface area contributed by atoms with E-state index >= 15 is 0 Å². The van der Waals surface area contributed by atoms with Crippen molar-refractivity contribution in [1.29, 1.82) is 0 Å². The van der Waals surface area contributed by atoms with Gasteiger partial charge in [-0.15, -0.1) is 0 Å². The lowest BCUT2D eigenvalue weighted by atomic mass is 9.98. The molecule has 0 radical (unpaired) electrons. The van der Waals surface area contributed by atoms with Gasteiger partial charge in [-0.3, -0.25) is 0 Å². The first-order chi connectivity index (χ1) is 16.1. The van der Waals surface area contributed by atoms with E-state index in [1.165, 1.54) is 51.4 Å². The number of hydrogen-bond acceptors (Lipinski definition) is 4. The minimum absolute atomic E-state index is 0.306. The van der Waals surface area contributed by atoms with Crippen molar-refractivity contribution >= 4 is 11.9 Å². The molecule has 0 saturated heterocycles. The molecule has 0 aromatic carbocycles. The molecular formula is C29H54O4. The Hall–Kier alpha value is -1.32. The molecular weight excluding hydrogens is 412 g/mol. The first-order valence-corrected chi connectivity index (χ1v) is 14.2. The molecule has 0 amide bonds. The summed E-state index contributed by atoms with van der Waals surface area (Å²) in [6.45, 7) is 9.51. The van der Waals surface area contributed by atoms with Crippen LogP contribution in [0.25, 0.3) is 0 Å². The molecule has 4 nitrogen and oxygen atoms in total. The summed E-state index contributed by atoms with van der Waals surface area (Å²) in [7, 11) is 0. The molecule has 0 spiro atoms. The summed E-state index contributed by atoms with van der Waals surface area (Å²) in [6, 6.07) is 0. The number of carbonyl (C=O) groups is 2. The van der Waals surface area contributed by atoms with Gasteiger partial charge in [0, 0.05) is 11.1 Å². The topological polar surface area (TPSA) is 52.6 Å². The van der Waals surface area contributed by atoms with Crippen LogP contribution in [0.3, 0.4) is 0 Å². The molecule has 0 aliphatic carbocycles. The van der Waals surface area contributed by atoms with Crippen LogP contribution in [0.4, 0.5) is 0 Å². The van der Waals surface area contributed by atoms with Crippen LogP contribution in [-0.4, -0.2) is 25.2 Å². The first-order valence-electron chi connectivity index (χ1n) is 14.2. The van der Waals surface area contributed by atoms with Crippen LogP contribution >= 0.6 is 0 Å². The summed E-state index contributed by atoms with van der Waals surface area (Å²) >= 11 is 0. The molecule has 0 aromatic heterocycles. The molecule has 0 atom stereocenters. The van der Waals surface area contributed by atoms with E-state index in [0.717, 1.165) is 57.8 Å². The third-order valence-electron chi connectivity index (χ3n) is 6.10. The van der Waals surface area contributed by atoms with Crippen LogP contribution in [0.1, 0.15) is 150 Å². The van der Waals surface area contributed by atoms with Gasteiger partial charge in [-0.2, -0.15) is 0 Å². The Labute approximate surface area is 205 Å². The van der Waals surface area contributed by atoms with Gasteiger partial charge < -0.3 is 9.47 Å². The lowest BCUT2D eigenvalue weighted by Gasteiger charge is -2.15. The fourth-order valence-electron chi connectivity index (χ4n) is 4.00. The van der Waals surface area contributed by atoms with E-state index in [2.05, 4.69) is 20.8 Å². The molecule has 0 rings (SSSR count). The fourth-order valence-corrected chi connectivity index (χ4v) is 4.00. The molecule has 33 heavy (non-hydrogen) atoms. The fraction of sp³-hybridized carbons (Fsp3) is 0.862. The van der Waals surface area contributed by atoms with Gasteiger partial charge in [0.15, 0.2) is 0 Å². The normalized spacial score (nSPS) is 11.9. The Morgan fingerprint density at radius 3 is 1.21 bits per heavy atom. The van der Waals surface area contributed by atoms with Crippen molar-refractivity contribution in [3.05, 3.63) is 11.1 Å². The molecule has 0 aliphatic heterocycles. The van der Waals surface area contributed by atoms with Crippen LogP contribution in [0.2, 0.25) is 0 Å². The SMILES string of the molecule is CCCCCCCCOC(=O)C(CCC)=C(CCCCCC)C(=O)OCCCCCCCC. The van der Waals surface area contributed by atoms with Gasteiger partial charge in [-0.1, -0.05) is 118 Å². The predicted molar refractivity (Wildman–Crippen MR) is 139 cm³/mol. The molecule has 0 N–H and O–H groups in total. The van der Waals surface area contributed by atoms with E-state index in [4.69, 9.17) is 9.47 Å². The van der Waals surface area contributed by atoms with Gasteiger partial charge in [0.2, 0.25) is 0 Å². The predicted octanol–water partition coefficient (Wildman–Crippen LogP) is 8.86. The average Bonchev–Trinajstić information content (AvgIpc) is 2.81. The number of esters is 2. The lowest BCUT2D eigenvalue weighted by Crippen LogP contribution is -2.18. The Kier molecular flexibility index (Phi) is 22.9. The summed E-state index contributed by atoms with van der Waals surface area (Å²) in [5.74, 6) is -0.618. The third-order valence-corrected chi connectivity index (χ3v) is 6.10. The van der Waals surface area contributed by atoms with E-state index < -0.39 is 0 Å². The van der Waals surface area contributed by atoms with Crippen molar-refractivity contribution in [2.45, 2.75) is 150 Å². The third kappa shape index (κ3) is 17.8. The summed E-state index contributed by atoms with van der Waals surface area (Å²) in [5, 5.41) is 0. The van der Waals surface area contributed by atoms with Gasteiger partial charge in [0.1, 0.15) is 0 Å². The highest BCUT2D eigenvalue weighted by molar-refractivity contribution is 6.00. The van der Waals surface area contributed by atoms with Crippen molar-refractivity contribution in [2.75, 3.05) is 13.2 Å². The molecule has 4 heteroatoms. The Balaban J connectivity index is 4.89. The van der Waals surface area contributed by atoms with Crippen molar-refractivity contribution < 1.29 is 19.1 Å². The maximum absolute atomic E-state index is 13.0. The van der Waals surface area contributed by atoms with Gasteiger partial charge >= 0.3 is 11.9 Å².